The Morgan fingerprint density at radius 1 is 0.871 bits per heavy atom. The van der Waals surface area contributed by atoms with E-state index < -0.39 is 11.6 Å². The van der Waals surface area contributed by atoms with E-state index in [-0.39, 0.29) is 0 Å². The van der Waals surface area contributed by atoms with Gasteiger partial charge < -0.3 is 0 Å². The summed E-state index contributed by atoms with van der Waals surface area (Å²) in [6, 6.07) is 20.3. The van der Waals surface area contributed by atoms with Gasteiger partial charge in [0.15, 0.2) is 0 Å². The Labute approximate surface area is 182 Å². The molecule has 5 rings (SSSR count). The Hall–Kier alpha value is -3.20. The molecule has 1 aliphatic rings. The van der Waals surface area contributed by atoms with E-state index in [9.17, 15) is 5.41 Å². The Morgan fingerprint density at radius 3 is 2.32 bits per heavy atom. The fourth-order valence-electron chi connectivity index (χ4n) is 5.22. The summed E-state index contributed by atoms with van der Waals surface area (Å²) < 4.78 is 18.6. The SMILES string of the molecule is C/C1=C(\c2cccc(C)c2C)[C@@H](F)C(C)(C)c2cccc3c2c(=N)n1c1ccccc31. The van der Waals surface area contributed by atoms with Crippen LogP contribution in [0.25, 0.3) is 32.9 Å². The average molecular weight is 411 g/mol. The summed E-state index contributed by atoms with van der Waals surface area (Å²) in [5.74, 6) is 0. The first-order valence-electron chi connectivity index (χ1n) is 10.8. The molecule has 2 bridgehead atoms. The Balaban J connectivity index is 2.08. The molecule has 0 spiro atoms. The van der Waals surface area contributed by atoms with Gasteiger partial charge in [0.2, 0.25) is 0 Å². The molecule has 1 atom stereocenters. The highest BCUT2D eigenvalue weighted by molar-refractivity contribution is 6.09. The number of para-hydroxylation sites is 1. The molecule has 2 nitrogen and oxygen atoms in total. The summed E-state index contributed by atoms with van der Waals surface area (Å²) in [6.45, 7) is 10.0. The third-order valence-electron chi connectivity index (χ3n) is 7.16. The lowest BCUT2D eigenvalue weighted by molar-refractivity contribution is 0.279. The normalized spacial score (nSPS) is 20.3. The van der Waals surface area contributed by atoms with Crippen LogP contribution in [0.3, 0.4) is 0 Å². The minimum Gasteiger partial charge on any atom is -0.298 e. The minimum absolute atomic E-state index is 0.421. The second-order valence-electron chi connectivity index (χ2n) is 9.26. The molecule has 1 aromatic heterocycles. The van der Waals surface area contributed by atoms with Gasteiger partial charge in [-0.1, -0.05) is 68.4 Å². The smallest absolute Gasteiger partial charge is 0.137 e. The molecule has 1 N–H and O–H groups in total. The monoisotopic (exact) mass is 410 g/mol. The van der Waals surface area contributed by atoms with Crippen molar-refractivity contribution in [3.8, 4) is 0 Å². The molecule has 4 aromatic rings. The van der Waals surface area contributed by atoms with Crippen LogP contribution in [-0.2, 0) is 5.41 Å². The van der Waals surface area contributed by atoms with Crippen LogP contribution < -0.4 is 5.49 Å². The molecule has 0 saturated carbocycles. The van der Waals surface area contributed by atoms with Gasteiger partial charge in [0.05, 0.1) is 5.52 Å². The predicted octanol–water partition coefficient (Wildman–Crippen LogP) is 6.91. The lowest BCUT2D eigenvalue weighted by Gasteiger charge is -2.36. The molecule has 0 radical (unpaired) electrons. The fraction of sp³-hybridized carbons (Fsp3) is 0.250. The van der Waals surface area contributed by atoms with Gasteiger partial charge in [0.25, 0.3) is 0 Å². The van der Waals surface area contributed by atoms with E-state index in [0.29, 0.717) is 11.1 Å². The second-order valence-corrected chi connectivity index (χ2v) is 9.26. The zero-order valence-corrected chi connectivity index (χ0v) is 18.7. The summed E-state index contributed by atoms with van der Waals surface area (Å²) >= 11 is 0. The number of rotatable bonds is 1. The van der Waals surface area contributed by atoms with Gasteiger partial charge >= 0.3 is 0 Å². The molecule has 1 aliphatic heterocycles. The van der Waals surface area contributed by atoms with Gasteiger partial charge in [-0.2, -0.15) is 0 Å². The van der Waals surface area contributed by atoms with Gasteiger partial charge in [0.1, 0.15) is 11.7 Å². The number of aryl methyl sites for hydroxylation is 1. The summed E-state index contributed by atoms with van der Waals surface area (Å²) in [5, 5.41) is 12.2. The van der Waals surface area contributed by atoms with Crippen LogP contribution in [0.4, 0.5) is 4.39 Å². The van der Waals surface area contributed by atoms with Crippen molar-refractivity contribution < 1.29 is 4.39 Å². The standard InChI is InChI=1S/C28H27FN2/c1-16-10-8-12-19(17(16)2)24-18(3)31-23-15-7-6-11-20(23)21-13-9-14-22(25(21)27(31)30)28(4,5)26(24)29/h6-15,26,30H,1-5H3/b24-18-,30-27?/t26-/m1/s1. The van der Waals surface area contributed by atoms with Crippen LogP contribution >= 0.6 is 0 Å². The fourth-order valence-corrected chi connectivity index (χ4v) is 5.22. The number of hydrogen-bond acceptors (Lipinski definition) is 1. The number of halogens is 1. The van der Waals surface area contributed by atoms with Crippen molar-refractivity contribution in [2.24, 2.45) is 0 Å². The maximum absolute atomic E-state index is 16.7. The quantitative estimate of drug-likeness (QED) is 0.330. The Kier molecular flexibility index (Phi) is 4.23. The van der Waals surface area contributed by atoms with E-state index in [1.54, 1.807) is 0 Å². The number of hydrogen-bond donors (Lipinski definition) is 1. The van der Waals surface area contributed by atoms with Crippen molar-refractivity contribution in [3.63, 3.8) is 0 Å². The van der Waals surface area contributed by atoms with Crippen molar-refractivity contribution in [1.29, 1.82) is 5.41 Å². The Morgan fingerprint density at radius 2 is 1.55 bits per heavy atom. The van der Waals surface area contributed by atoms with Crippen LogP contribution in [0.5, 0.6) is 0 Å². The average Bonchev–Trinajstić information content (AvgIpc) is 2.76. The number of nitrogens with zero attached hydrogens (tertiary/aromatic N) is 1. The molecule has 0 fully saturated rings. The van der Waals surface area contributed by atoms with E-state index in [0.717, 1.165) is 49.6 Å². The highest BCUT2D eigenvalue weighted by Crippen LogP contribution is 2.45. The molecule has 3 aromatic carbocycles. The summed E-state index contributed by atoms with van der Waals surface area (Å²) in [4.78, 5) is 0. The molecular formula is C28H27FN2. The third-order valence-corrected chi connectivity index (χ3v) is 7.16. The molecule has 0 saturated heterocycles. The maximum atomic E-state index is 16.7. The van der Waals surface area contributed by atoms with Crippen molar-refractivity contribution in [3.05, 3.63) is 88.4 Å². The highest BCUT2D eigenvalue weighted by atomic mass is 19.1. The molecule has 0 unspecified atom stereocenters. The number of aromatic nitrogens is 1. The predicted molar refractivity (Wildman–Crippen MR) is 128 cm³/mol. The van der Waals surface area contributed by atoms with Crippen LogP contribution in [0.2, 0.25) is 0 Å². The zero-order chi connectivity index (χ0) is 22.1. The first-order chi connectivity index (χ1) is 14.7. The molecule has 2 heterocycles. The van der Waals surface area contributed by atoms with Crippen LogP contribution in [-0.4, -0.2) is 10.7 Å². The molecule has 3 heteroatoms. The summed E-state index contributed by atoms with van der Waals surface area (Å²) in [5.41, 5.74) is 6.06. The number of fused-ring (bicyclic) bond motifs is 4. The van der Waals surface area contributed by atoms with Gasteiger partial charge in [-0.25, -0.2) is 4.39 Å². The lowest BCUT2D eigenvalue weighted by atomic mass is 9.72. The summed E-state index contributed by atoms with van der Waals surface area (Å²) in [7, 11) is 0. The number of alkyl halides is 1. The second kappa shape index (κ2) is 6.65. The van der Waals surface area contributed by atoms with E-state index >= 15 is 4.39 Å². The minimum atomic E-state index is -1.22. The van der Waals surface area contributed by atoms with E-state index in [1.165, 1.54) is 0 Å². The van der Waals surface area contributed by atoms with E-state index in [1.807, 2.05) is 67.8 Å². The number of benzene rings is 3. The highest BCUT2D eigenvalue weighted by Gasteiger charge is 2.39. The zero-order valence-electron chi connectivity index (χ0n) is 18.7. The largest absolute Gasteiger partial charge is 0.298 e. The van der Waals surface area contributed by atoms with Gasteiger partial charge in [-0.05, 0) is 54.5 Å². The van der Waals surface area contributed by atoms with Crippen LogP contribution in [0.15, 0.2) is 60.7 Å². The van der Waals surface area contributed by atoms with Crippen molar-refractivity contribution in [2.75, 3.05) is 0 Å². The van der Waals surface area contributed by atoms with Crippen LogP contribution in [0.1, 0.15) is 43.0 Å². The van der Waals surface area contributed by atoms with Crippen molar-refractivity contribution in [2.45, 2.75) is 46.2 Å². The van der Waals surface area contributed by atoms with E-state index in [2.05, 4.69) is 32.0 Å². The third kappa shape index (κ3) is 2.59. The molecule has 31 heavy (non-hydrogen) atoms. The first kappa shape index (κ1) is 19.7. The number of pyridine rings is 1. The molecule has 0 aliphatic carbocycles. The lowest BCUT2D eigenvalue weighted by Crippen LogP contribution is -2.37. The van der Waals surface area contributed by atoms with Gasteiger partial charge in [0, 0.05) is 27.5 Å². The van der Waals surface area contributed by atoms with Crippen molar-refractivity contribution >= 4 is 32.9 Å². The molecular weight excluding hydrogens is 383 g/mol. The van der Waals surface area contributed by atoms with E-state index in [4.69, 9.17) is 0 Å². The maximum Gasteiger partial charge on any atom is 0.137 e. The molecule has 0 amide bonds. The molecule has 156 valence electrons. The van der Waals surface area contributed by atoms with Gasteiger partial charge in [-0.15, -0.1) is 0 Å². The summed E-state index contributed by atoms with van der Waals surface area (Å²) in [6.07, 6.45) is -1.22. The topological polar surface area (TPSA) is 28.8 Å². The Bertz CT molecular complexity index is 1470. The van der Waals surface area contributed by atoms with Crippen molar-refractivity contribution in [1.82, 2.24) is 4.57 Å². The van der Waals surface area contributed by atoms with Crippen LogP contribution in [0, 0.1) is 19.3 Å². The number of allylic oxidation sites excluding steroid dienone is 2. The first-order valence-corrected chi connectivity index (χ1v) is 10.8. The van der Waals surface area contributed by atoms with Gasteiger partial charge in [-0.3, -0.25) is 9.98 Å². The number of nitrogens with one attached hydrogen (secondary N) is 1.